The van der Waals surface area contributed by atoms with Crippen LogP contribution in [0.1, 0.15) is 20.8 Å². The van der Waals surface area contributed by atoms with E-state index in [1.165, 1.54) is 0 Å². The van der Waals surface area contributed by atoms with Crippen molar-refractivity contribution >= 4 is 5.71 Å². The van der Waals surface area contributed by atoms with E-state index >= 15 is 0 Å². The van der Waals surface area contributed by atoms with Gasteiger partial charge in [0.2, 0.25) is 0 Å². The van der Waals surface area contributed by atoms with E-state index in [-0.39, 0.29) is 0 Å². The predicted molar refractivity (Wildman–Crippen MR) is 64.4 cm³/mol. The first-order valence-corrected chi connectivity index (χ1v) is 4.80. The maximum absolute atomic E-state index is 5.85. The summed E-state index contributed by atoms with van der Waals surface area (Å²) in [7, 11) is 1.79. The molecular formula is C12H20N2. The van der Waals surface area contributed by atoms with Crippen molar-refractivity contribution in [3.63, 3.8) is 0 Å². The van der Waals surface area contributed by atoms with Crippen LogP contribution >= 0.6 is 0 Å². The Balaban J connectivity index is 5.32. The second-order valence-electron chi connectivity index (χ2n) is 3.34. The number of hydrogen-bond donors (Lipinski definition) is 1. The van der Waals surface area contributed by atoms with Gasteiger partial charge in [-0.1, -0.05) is 32.6 Å². The molecule has 0 amide bonds. The average molecular weight is 192 g/mol. The highest BCUT2D eigenvalue weighted by atomic mass is 14.7. The van der Waals surface area contributed by atoms with Crippen molar-refractivity contribution in [1.82, 2.24) is 0 Å². The highest BCUT2D eigenvalue weighted by molar-refractivity contribution is 6.04. The Bertz CT molecular complexity index is 281. The third-order valence-corrected chi connectivity index (χ3v) is 1.93. The van der Waals surface area contributed by atoms with Crippen LogP contribution in [0.4, 0.5) is 0 Å². The number of hydrogen-bond acceptors (Lipinski definition) is 2. The molecule has 14 heavy (non-hydrogen) atoms. The van der Waals surface area contributed by atoms with Crippen LogP contribution in [0.15, 0.2) is 41.1 Å². The number of allylic oxidation sites excluding steroid dienone is 4. The summed E-state index contributed by atoms with van der Waals surface area (Å²) in [6, 6.07) is 0. The van der Waals surface area contributed by atoms with Crippen LogP contribution in [0.2, 0.25) is 0 Å². The topological polar surface area (TPSA) is 38.4 Å². The fraction of sp³-hybridized carbons (Fsp3) is 0.417. The number of nitrogens with two attached hydrogens (primary N) is 1. The first-order valence-electron chi connectivity index (χ1n) is 4.80. The molecule has 78 valence electrons. The second kappa shape index (κ2) is 6.19. The lowest BCUT2D eigenvalue weighted by Crippen LogP contribution is -2.14. The molecule has 0 heterocycles. The molecule has 0 unspecified atom stereocenters. The summed E-state index contributed by atoms with van der Waals surface area (Å²) in [5.74, 6) is 0.365. The molecule has 0 aliphatic heterocycles. The molecule has 0 aliphatic carbocycles. The van der Waals surface area contributed by atoms with Crippen molar-refractivity contribution in [2.24, 2.45) is 16.6 Å². The molecule has 0 atom stereocenters. The van der Waals surface area contributed by atoms with Gasteiger partial charge in [-0.05, 0) is 18.9 Å². The van der Waals surface area contributed by atoms with E-state index < -0.39 is 0 Å². The Morgan fingerprint density at radius 3 is 2.29 bits per heavy atom. The molecule has 0 aromatic heterocycles. The Morgan fingerprint density at radius 1 is 1.43 bits per heavy atom. The van der Waals surface area contributed by atoms with E-state index in [9.17, 15) is 0 Å². The minimum absolute atomic E-state index is 0.365. The Kier molecular flexibility index (Phi) is 5.61. The summed E-state index contributed by atoms with van der Waals surface area (Å²) in [6.45, 7) is 9.83. The maximum atomic E-state index is 5.85. The zero-order chi connectivity index (χ0) is 11.1. The summed E-state index contributed by atoms with van der Waals surface area (Å²) in [5, 5.41) is 0. The van der Waals surface area contributed by atoms with Gasteiger partial charge in [0, 0.05) is 24.0 Å². The van der Waals surface area contributed by atoms with Gasteiger partial charge >= 0.3 is 0 Å². The van der Waals surface area contributed by atoms with Gasteiger partial charge in [-0.2, -0.15) is 0 Å². The summed E-state index contributed by atoms with van der Waals surface area (Å²) >= 11 is 0. The lowest BCUT2D eigenvalue weighted by Gasteiger charge is -2.12. The SMILES string of the molecule is C=C/C(N)=C(\C=C/C)C(=NC)C(C)C. The third-order valence-electron chi connectivity index (χ3n) is 1.93. The second-order valence-corrected chi connectivity index (χ2v) is 3.34. The molecule has 0 spiro atoms. The van der Waals surface area contributed by atoms with Gasteiger partial charge in [-0.3, -0.25) is 4.99 Å². The molecule has 0 saturated carbocycles. The van der Waals surface area contributed by atoms with Gasteiger partial charge in [0.25, 0.3) is 0 Å². The van der Waals surface area contributed by atoms with Gasteiger partial charge in [0.1, 0.15) is 0 Å². The van der Waals surface area contributed by atoms with Gasteiger partial charge < -0.3 is 5.73 Å². The lowest BCUT2D eigenvalue weighted by molar-refractivity contribution is 0.880. The Hall–Kier alpha value is -1.31. The Labute approximate surface area is 86.9 Å². The largest absolute Gasteiger partial charge is 0.398 e. The number of nitrogens with zero attached hydrogens (tertiary/aromatic N) is 1. The minimum atomic E-state index is 0.365. The predicted octanol–water partition coefficient (Wildman–Crippen LogP) is 2.69. The average Bonchev–Trinajstić information content (AvgIpc) is 2.16. The van der Waals surface area contributed by atoms with Crippen molar-refractivity contribution in [2.45, 2.75) is 20.8 Å². The van der Waals surface area contributed by atoms with E-state index in [2.05, 4.69) is 25.4 Å². The van der Waals surface area contributed by atoms with E-state index in [1.807, 2.05) is 19.1 Å². The summed E-state index contributed by atoms with van der Waals surface area (Å²) in [5.41, 5.74) is 8.51. The van der Waals surface area contributed by atoms with Crippen LogP contribution < -0.4 is 5.73 Å². The zero-order valence-electron chi connectivity index (χ0n) is 9.54. The summed E-state index contributed by atoms with van der Waals surface area (Å²) in [4.78, 5) is 4.26. The smallest absolute Gasteiger partial charge is 0.0463 e. The van der Waals surface area contributed by atoms with E-state index in [0.29, 0.717) is 11.6 Å². The molecule has 0 aromatic rings. The van der Waals surface area contributed by atoms with Crippen LogP contribution in [-0.4, -0.2) is 12.8 Å². The first kappa shape index (κ1) is 12.7. The van der Waals surface area contributed by atoms with Crippen molar-refractivity contribution in [3.8, 4) is 0 Å². The van der Waals surface area contributed by atoms with E-state index in [1.54, 1.807) is 13.1 Å². The summed E-state index contributed by atoms with van der Waals surface area (Å²) < 4.78 is 0. The molecule has 0 radical (unpaired) electrons. The highest BCUT2D eigenvalue weighted by Crippen LogP contribution is 2.12. The molecule has 0 rings (SSSR count). The fourth-order valence-electron chi connectivity index (χ4n) is 1.30. The molecule has 0 aromatic carbocycles. The first-order chi connectivity index (χ1) is 6.58. The molecule has 2 heteroatoms. The van der Waals surface area contributed by atoms with Gasteiger partial charge in [-0.15, -0.1) is 0 Å². The molecule has 0 aliphatic rings. The maximum Gasteiger partial charge on any atom is 0.0463 e. The van der Waals surface area contributed by atoms with E-state index in [0.717, 1.165) is 11.3 Å². The van der Waals surface area contributed by atoms with E-state index in [4.69, 9.17) is 5.73 Å². The van der Waals surface area contributed by atoms with Crippen LogP contribution in [0, 0.1) is 5.92 Å². The Morgan fingerprint density at radius 2 is 2.00 bits per heavy atom. The monoisotopic (exact) mass is 192 g/mol. The van der Waals surface area contributed by atoms with Gasteiger partial charge in [0.05, 0.1) is 0 Å². The van der Waals surface area contributed by atoms with Crippen molar-refractivity contribution in [3.05, 3.63) is 36.1 Å². The molecule has 0 bridgehead atoms. The minimum Gasteiger partial charge on any atom is -0.398 e. The van der Waals surface area contributed by atoms with Crippen molar-refractivity contribution in [2.75, 3.05) is 7.05 Å². The third kappa shape index (κ3) is 3.21. The standard InChI is InChI=1S/C12H20N2/c1-6-8-10(11(13)7-2)12(14-5)9(3)4/h6-9H,2,13H2,1,3-5H3/b8-6-,11-10-,14-12?. The van der Waals surface area contributed by atoms with Crippen molar-refractivity contribution < 1.29 is 0 Å². The molecule has 0 fully saturated rings. The number of aliphatic imine (C=N–C) groups is 1. The summed E-state index contributed by atoms with van der Waals surface area (Å²) in [6.07, 6.45) is 5.58. The highest BCUT2D eigenvalue weighted by Gasteiger charge is 2.10. The van der Waals surface area contributed by atoms with Crippen LogP contribution in [0.25, 0.3) is 0 Å². The van der Waals surface area contributed by atoms with Crippen LogP contribution in [-0.2, 0) is 0 Å². The molecular weight excluding hydrogens is 172 g/mol. The van der Waals surface area contributed by atoms with Crippen LogP contribution in [0.3, 0.4) is 0 Å². The van der Waals surface area contributed by atoms with Crippen molar-refractivity contribution in [1.29, 1.82) is 0 Å². The number of rotatable bonds is 4. The lowest BCUT2D eigenvalue weighted by atomic mass is 9.97. The quantitative estimate of drug-likeness (QED) is 0.540. The zero-order valence-corrected chi connectivity index (χ0v) is 9.54. The molecule has 2 N–H and O–H groups in total. The normalized spacial score (nSPS) is 14.8. The fourth-order valence-corrected chi connectivity index (χ4v) is 1.30. The molecule has 0 saturated heterocycles. The van der Waals surface area contributed by atoms with Crippen LogP contribution in [0.5, 0.6) is 0 Å². The molecule has 2 nitrogen and oxygen atoms in total. The van der Waals surface area contributed by atoms with Gasteiger partial charge in [-0.25, -0.2) is 0 Å². The van der Waals surface area contributed by atoms with Gasteiger partial charge in [0.15, 0.2) is 0 Å².